The van der Waals surface area contributed by atoms with E-state index in [1.54, 1.807) is 18.0 Å². The predicted molar refractivity (Wildman–Crippen MR) is 44.2 cm³/mol. The van der Waals surface area contributed by atoms with Crippen LogP contribution in [0, 0.1) is 6.92 Å². The number of carbonyl (C=O) groups excluding carboxylic acids is 1. The van der Waals surface area contributed by atoms with Gasteiger partial charge in [-0.1, -0.05) is 0 Å². The molecule has 0 amide bonds. The molecule has 0 bridgehead atoms. The van der Waals surface area contributed by atoms with E-state index < -0.39 is 0 Å². The third-order valence-corrected chi connectivity index (χ3v) is 1.69. The molecule has 0 spiro atoms. The van der Waals surface area contributed by atoms with Crippen molar-refractivity contribution in [3.63, 3.8) is 0 Å². The molecule has 0 saturated heterocycles. The van der Waals surface area contributed by atoms with Crippen molar-refractivity contribution in [1.82, 2.24) is 9.78 Å². The molecule has 0 aliphatic rings. The second-order valence-electron chi connectivity index (χ2n) is 2.55. The highest BCUT2D eigenvalue weighted by Gasteiger charge is 2.04. The minimum absolute atomic E-state index is 0.571. The number of aromatic nitrogens is 2. The summed E-state index contributed by atoms with van der Waals surface area (Å²) < 4.78 is 6.52. The van der Waals surface area contributed by atoms with Crippen LogP contribution >= 0.6 is 0 Å². The SMILES string of the molecule is COCCn1ncc(C)c1C=O. The average molecular weight is 168 g/mol. The molecule has 1 rings (SSSR count). The molecular weight excluding hydrogens is 156 g/mol. The molecule has 0 saturated carbocycles. The Morgan fingerprint density at radius 1 is 1.75 bits per heavy atom. The molecule has 1 heterocycles. The van der Waals surface area contributed by atoms with Gasteiger partial charge in [-0.2, -0.15) is 5.10 Å². The molecule has 66 valence electrons. The van der Waals surface area contributed by atoms with Gasteiger partial charge in [-0.05, 0) is 12.5 Å². The number of aryl methyl sites for hydroxylation is 1. The average Bonchev–Trinajstić information content (AvgIpc) is 2.43. The van der Waals surface area contributed by atoms with Crippen LogP contribution in [0.25, 0.3) is 0 Å². The van der Waals surface area contributed by atoms with E-state index in [0.29, 0.717) is 18.8 Å². The summed E-state index contributed by atoms with van der Waals surface area (Å²) in [7, 11) is 1.62. The molecule has 0 aliphatic carbocycles. The van der Waals surface area contributed by atoms with E-state index in [4.69, 9.17) is 4.74 Å². The van der Waals surface area contributed by atoms with E-state index in [-0.39, 0.29) is 0 Å². The third kappa shape index (κ3) is 1.71. The van der Waals surface area contributed by atoms with Crippen LogP contribution in [0.15, 0.2) is 6.20 Å². The van der Waals surface area contributed by atoms with Crippen molar-refractivity contribution >= 4 is 6.29 Å². The van der Waals surface area contributed by atoms with Gasteiger partial charge in [-0.3, -0.25) is 9.48 Å². The molecule has 12 heavy (non-hydrogen) atoms. The zero-order valence-corrected chi connectivity index (χ0v) is 7.28. The molecular formula is C8H12N2O2. The number of aldehydes is 1. The first kappa shape index (κ1) is 8.93. The fourth-order valence-electron chi connectivity index (χ4n) is 0.998. The second kappa shape index (κ2) is 4.01. The van der Waals surface area contributed by atoms with Crippen LogP contribution in [0.4, 0.5) is 0 Å². The largest absolute Gasteiger partial charge is 0.383 e. The zero-order chi connectivity index (χ0) is 8.97. The smallest absolute Gasteiger partial charge is 0.168 e. The number of rotatable bonds is 4. The lowest BCUT2D eigenvalue weighted by molar-refractivity contribution is 0.111. The monoisotopic (exact) mass is 168 g/mol. The molecule has 1 aromatic rings. The van der Waals surface area contributed by atoms with E-state index in [0.717, 1.165) is 11.8 Å². The van der Waals surface area contributed by atoms with Gasteiger partial charge in [0, 0.05) is 7.11 Å². The van der Waals surface area contributed by atoms with Gasteiger partial charge in [-0.25, -0.2) is 0 Å². The van der Waals surface area contributed by atoms with Crippen LogP contribution in [0.1, 0.15) is 16.1 Å². The standard InChI is InChI=1S/C8H12N2O2/c1-7-5-9-10(3-4-12-2)8(7)6-11/h5-6H,3-4H2,1-2H3. The minimum Gasteiger partial charge on any atom is -0.383 e. The van der Waals surface area contributed by atoms with E-state index in [2.05, 4.69) is 5.10 Å². The minimum atomic E-state index is 0.571. The Morgan fingerprint density at radius 3 is 3.08 bits per heavy atom. The number of methoxy groups -OCH3 is 1. The maximum absolute atomic E-state index is 10.6. The van der Waals surface area contributed by atoms with Crippen molar-refractivity contribution in [3.8, 4) is 0 Å². The van der Waals surface area contributed by atoms with Crippen LogP contribution in [0.2, 0.25) is 0 Å². The topological polar surface area (TPSA) is 44.1 Å². The summed E-state index contributed by atoms with van der Waals surface area (Å²) in [6, 6.07) is 0. The Morgan fingerprint density at radius 2 is 2.50 bits per heavy atom. The van der Waals surface area contributed by atoms with E-state index in [1.807, 2.05) is 6.92 Å². The molecule has 0 radical (unpaired) electrons. The van der Waals surface area contributed by atoms with Crippen molar-refractivity contribution in [2.24, 2.45) is 0 Å². The summed E-state index contributed by atoms with van der Waals surface area (Å²) in [5.41, 5.74) is 1.54. The molecule has 4 heteroatoms. The number of carbonyl (C=O) groups is 1. The second-order valence-corrected chi connectivity index (χ2v) is 2.55. The van der Waals surface area contributed by atoms with Gasteiger partial charge in [0.25, 0.3) is 0 Å². The Hall–Kier alpha value is -1.16. The first-order valence-electron chi connectivity index (χ1n) is 3.76. The maximum atomic E-state index is 10.6. The van der Waals surface area contributed by atoms with Crippen molar-refractivity contribution in [2.75, 3.05) is 13.7 Å². The quantitative estimate of drug-likeness (QED) is 0.620. The van der Waals surface area contributed by atoms with Crippen LogP contribution < -0.4 is 0 Å². The zero-order valence-electron chi connectivity index (χ0n) is 7.28. The lowest BCUT2D eigenvalue weighted by Gasteiger charge is -2.01. The van der Waals surface area contributed by atoms with Gasteiger partial charge < -0.3 is 4.74 Å². The first-order valence-corrected chi connectivity index (χ1v) is 3.76. The fraction of sp³-hybridized carbons (Fsp3) is 0.500. The Kier molecular flexibility index (Phi) is 2.99. The number of nitrogens with zero attached hydrogens (tertiary/aromatic N) is 2. The summed E-state index contributed by atoms with van der Waals surface area (Å²) in [4.78, 5) is 10.6. The highest BCUT2D eigenvalue weighted by Crippen LogP contribution is 2.03. The molecule has 0 aliphatic heterocycles. The highest BCUT2D eigenvalue weighted by atomic mass is 16.5. The van der Waals surface area contributed by atoms with Gasteiger partial charge in [0.15, 0.2) is 6.29 Å². The molecule has 0 N–H and O–H groups in total. The van der Waals surface area contributed by atoms with E-state index in [9.17, 15) is 4.79 Å². The normalized spacial score (nSPS) is 10.2. The number of ether oxygens (including phenoxy) is 1. The molecule has 0 atom stereocenters. The van der Waals surface area contributed by atoms with E-state index in [1.165, 1.54) is 0 Å². The van der Waals surface area contributed by atoms with Gasteiger partial charge in [0.2, 0.25) is 0 Å². The van der Waals surface area contributed by atoms with Crippen LogP contribution in [0.3, 0.4) is 0 Å². The van der Waals surface area contributed by atoms with Gasteiger partial charge in [0.05, 0.1) is 19.3 Å². The lowest BCUT2D eigenvalue weighted by atomic mass is 10.3. The summed E-state index contributed by atoms with van der Waals surface area (Å²) in [6.45, 7) is 3.06. The highest BCUT2D eigenvalue weighted by molar-refractivity contribution is 5.74. The van der Waals surface area contributed by atoms with Crippen molar-refractivity contribution in [2.45, 2.75) is 13.5 Å². The molecule has 0 fully saturated rings. The maximum Gasteiger partial charge on any atom is 0.168 e. The van der Waals surface area contributed by atoms with E-state index >= 15 is 0 Å². The number of hydrogen-bond acceptors (Lipinski definition) is 3. The summed E-state index contributed by atoms with van der Waals surface area (Å²) in [5.74, 6) is 0. The summed E-state index contributed by atoms with van der Waals surface area (Å²) in [6.07, 6.45) is 2.50. The predicted octanol–water partition coefficient (Wildman–Crippen LogP) is 0.650. The Balaban J connectivity index is 2.77. The van der Waals surface area contributed by atoms with Crippen LogP contribution in [0.5, 0.6) is 0 Å². The molecule has 4 nitrogen and oxygen atoms in total. The molecule has 1 aromatic heterocycles. The summed E-state index contributed by atoms with van der Waals surface area (Å²) in [5, 5.41) is 4.03. The molecule has 0 aromatic carbocycles. The van der Waals surface area contributed by atoms with Crippen molar-refractivity contribution < 1.29 is 9.53 Å². The lowest BCUT2D eigenvalue weighted by Crippen LogP contribution is -2.09. The van der Waals surface area contributed by atoms with Gasteiger partial charge >= 0.3 is 0 Å². The number of hydrogen-bond donors (Lipinski definition) is 0. The third-order valence-electron chi connectivity index (χ3n) is 1.69. The fourth-order valence-corrected chi connectivity index (χ4v) is 0.998. The van der Waals surface area contributed by atoms with Crippen molar-refractivity contribution in [3.05, 3.63) is 17.5 Å². The van der Waals surface area contributed by atoms with Crippen molar-refractivity contribution in [1.29, 1.82) is 0 Å². The Labute approximate surface area is 71.1 Å². The van der Waals surface area contributed by atoms with Crippen LogP contribution in [-0.2, 0) is 11.3 Å². The molecule has 0 unspecified atom stereocenters. The van der Waals surface area contributed by atoms with Gasteiger partial charge in [0.1, 0.15) is 5.69 Å². The Bertz CT molecular complexity index is 268. The van der Waals surface area contributed by atoms with Gasteiger partial charge in [-0.15, -0.1) is 0 Å². The summed E-state index contributed by atoms with van der Waals surface area (Å²) >= 11 is 0. The van der Waals surface area contributed by atoms with Crippen LogP contribution in [-0.4, -0.2) is 29.8 Å². The first-order chi connectivity index (χ1) is 5.79.